The Hall–Kier alpha value is -4.40. The second-order valence-electron chi connectivity index (χ2n) is 8.29. The molecule has 0 aliphatic carbocycles. The number of carbonyl (C=O) groups is 1. The number of hydrazone groups is 1. The predicted molar refractivity (Wildman–Crippen MR) is 138 cm³/mol. The molecule has 1 N–H and O–H groups in total. The first kappa shape index (κ1) is 24.7. The summed E-state index contributed by atoms with van der Waals surface area (Å²) in [4.78, 5) is 25.1. The molecule has 1 fully saturated rings. The Morgan fingerprint density at radius 1 is 1.03 bits per heavy atom. The molecule has 1 amide bonds. The molecule has 3 aromatic rings. The molecule has 0 aromatic heterocycles. The van der Waals surface area contributed by atoms with Crippen LogP contribution >= 0.6 is 0 Å². The summed E-state index contributed by atoms with van der Waals surface area (Å²) in [6.07, 6.45) is 3.95. The van der Waals surface area contributed by atoms with Crippen molar-refractivity contribution < 1.29 is 19.2 Å². The Kier molecular flexibility index (Phi) is 8.12. The van der Waals surface area contributed by atoms with Crippen LogP contribution in [0.5, 0.6) is 11.5 Å². The van der Waals surface area contributed by atoms with E-state index < -0.39 is 4.92 Å². The minimum Gasteiger partial charge on any atom is -0.490 e. The van der Waals surface area contributed by atoms with E-state index in [1.807, 2.05) is 31.2 Å². The number of non-ortho nitro benzene ring substituents is 1. The Morgan fingerprint density at radius 2 is 1.75 bits per heavy atom. The van der Waals surface area contributed by atoms with E-state index >= 15 is 0 Å². The molecular formula is C27H28N4O5. The van der Waals surface area contributed by atoms with Crippen LogP contribution in [0.25, 0.3) is 0 Å². The van der Waals surface area contributed by atoms with E-state index in [4.69, 9.17) is 9.47 Å². The van der Waals surface area contributed by atoms with Crippen molar-refractivity contribution in [2.24, 2.45) is 5.10 Å². The van der Waals surface area contributed by atoms with E-state index in [1.165, 1.54) is 25.0 Å². The third-order valence-electron chi connectivity index (χ3n) is 5.79. The molecule has 1 heterocycles. The Labute approximate surface area is 209 Å². The van der Waals surface area contributed by atoms with Crippen LogP contribution in [0.2, 0.25) is 0 Å². The van der Waals surface area contributed by atoms with E-state index in [-0.39, 0.29) is 18.2 Å². The standard InChI is InChI=1S/C27H28N4O5/c1-2-35-26-17-21(7-14-25(26)36-19-20-5-10-24(11-6-20)31(33)34)18-28-29-27(32)22-8-12-23(13-9-22)30-15-3-4-16-30/h5-14,17-18H,2-4,15-16,19H2,1H3,(H,29,32)/b28-18-. The molecule has 1 aliphatic heterocycles. The van der Waals surface area contributed by atoms with Gasteiger partial charge in [-0.1, -0.05) is 0 Å². The van der Waals surface area contributed by atoms with E-state index in [2.05, 4.69) is 15.4 Å². The molecule has 0 radical (unpaired) electrons. The van der Waals surface area contributed by atoms with Crippen molar-refractivity contribution in [2.45, 2.75) is 26.4 Å². The maximum Gasteiger partial charge on any atom is 0.271 e. The summed E-state index contributed by atoms with van der Waals surface area (Å²) in [6, 6.07) is 19.1. The lowest BCUT2D eigenvalue weighted by molar-refractivity contribution is -0.384. The highest BCUT2D eigenvalue weighted by molar-refractivity contribution is 5.95. The molecule has 0 spiro atoms. The van der Waals surface area contributed by atoms with Gasteiger partial charge >= 0.3 is 0 Å². The lowest BCUT2D eigenvalue weighted by atomic mass is 10.2. The number of benzene rings is 3. The summed E-state index contributed by atoms with van der Waals surface area (Å²) in [5.74, 6) is 0.786. The first-order valence-corrected chi connectivity index (χ1v) is 11.8. The van der Waals surface area contributed by atoms with E-state index in [9.17, 15) is 14.9 Å². The average molecular weight is 489 g/mol. The zero-order chi connectivity index (χ0) is 25.3. The SMILES string of the molecule is CCOc1cc(/C=N\NC(=O)c2ccc(N3CCCC3)cc2)ccc1OCc1ccc([N+](=O)[O-])cc1. The van der Waals surface area contributed by atoms with Gasteiger partial charge in [-0.05, 0) is 85.5 Å². The topological polar surface area (TPSA) is 106 Å². The summed E-state index contributed by atoms with van der Waals surface area (Å²) >= 11 is 0. The van der Waals surface area contributed by atoms with Crippen molar-refractivity contribution in [1.82, 2.24) is 5.43 Å². The fraction of sp³-hybridized carbons (Fsp3) is 0.259. The molecule has 186 valence electrons. The highest BCUT2D eigenvalue weighted by Crippen LogP contribution is 2.29. The van der Waals surface area contributed by atoms with Gasteiger partial charge in [0.2, 0.25) is 0 Å². The summed E-state index contributed by atoms with van der Waals surface area (Å²) in [5.41, 5.74) is 5.79. The molecule has 0 bridgehead atoms. The molecule has 1 saturated heterocycles. The zero-order valence-corrected chi connectivity index (χ0v) is 20.1. The number of nitro benzene ring substituents is 1. The summed E-state index contributed by atoms with van der Waals surface area (Å²) in [5, 5.41) is 14.9. The first-order valence-electron chi connectivity index (χ1n) is 11.8. The van der Waals surface area contributed by atoms with Crippen molar-refractivity contribution in [2.75, 3.05) is 24.6 Å². The number of ether oxygens (including phenoxy) is 2. The molecule has 0 saturated carbocycles. The lowest BCUT2D eigenvalue weighted by Gasteiger charge is -2.17. The Balaban J connectivity index is 1.35. The highest BCUT2D eigenvalue weighted by atomic mass is 16.6. The van der Waals surface area contributed by atoms with E-state index in [0.717, 1.165) is 29.9 Å². The van der Waals surface area contributed by atoms with Gasteiger partial charge in [0.1, 0.15) is 6.61 Å². The number of nitrogens with one attached hydrogen (secondary N) is 1. The predicted octanol–water partition coefficient (Wildman–Crippen LogP) is 4.94. The smallest absolute Gasteiger partial charge is 0.271 e. The molecule has 1 aliphatic rings. The number of rotatable bonds is 10. The maximum absolute atomic E-state index is 12.4. The van der Waals surface area contributed by atoms with Gasteiger partial charge in [0, 0.05) is 36.5 Å². The van der Waals surface area contributed by atoms with Crippen LogP contribution < -0.4 is 19.8 Å². The summed E-state index contributed by atoms with van der Waals surface area (Å²) in [6.45, 7) is 4.66. The third-order valence-corrected chi connectivity index (χ3v) is 5.79. The van der Waals surface area contributed by atoms with Gasteiger partial charge in [-0.25, -0.2) is 5.43 Å². The van der Waals surface area contributed by atoms with Gasteiger partial charge in [0.05, 0.1) is 17.7 Å². The van der Waals surface area contributed by atoms with Crippen LogP contribution in [0.3, 0.4) is 0 Å². The van der Waals surface area contributed by atoms with Gasteiger partial charge < -0.3 is 14.4 Å². The molecule has 4 rings (SSSR count). The monoisotopic (exact) mass is 488 g/mol. The number of hydrogen-bond acceptors (Lipinski definition) is 7. The fourth-order valence-corrected chi connectivity index (χ4v) is 3.90. The molecule has 3 aromatic carbocycles. The summed E-state index contributed by atoms with van der Waals surface area (Å²) < 4.78 is 11.6. The van der Waals surface area contributed by atoms with E-state index in [1.54, 1.807) is 36.5 Å². The van der Waals surface area contributed by atoms with Crippen LogP contribution in [0, 0.1) is 10.1 Å². The van der Waals surface area contributed by atoms with Crippen LogP contribution in [-0.4, -0.2) is 36.7 Å². The van der Waals surface area contributed by atoms with Crippen molar-refractivity contribution in [3.05, 3.63) is 93.5 Å². The highest BCUT2D eigenvalue weighted by Gasteiger charge is 2.13. The van der Waals surface area contributed by atoms with Gasteiger partial charge in [-0.2, -0.15) is 5.10 Å². The largest absolute Gasteiger partial charge is 0.490 e. The minimum atomic E-state index is -0.439. The second-order valence-corrected chi connectivity index (χ2v) is 8.29. The molecular weight excluding hydrogens is 460 g/mol. The van der Waals surface area contributed by atoms with Crippen LogP contribution in [0.1, 0.15) is 41.3 Å². The third kappa shape index (κ3) is 6.38. The molecule has 0 atom stereocenters. The molecule has 9 nitrogen and oxygen atoms in total. The maximum atomic E-state index is 12.4. The molecule has 36 heavy (non-hydrogen) atoms. The molecule has 0 unspecified atom stereocenters. The number of nitrogens with zero attached hydrogens (tertiary/aromatic N) is 3. The zero-order valence-electron chi connectivity index (χ0n) is 20.1. The van der Waals surface area contributed by atoms with Crippen molar-refractivity contribution in [1.29, 1.82) is 0 Å². The van der Waals surface area contributed by atoms with E-state index in [0.29, 0.717) is 23.7 Å². The Bertz CT molecular complexity index is 1220. The number of nitro groups is 1. The van der Waals surface area contributed by atoms with Gasteiger partial charge in [-0.15, -0.1) is 0 Å². The Morgan fingerprint density at radius 3 is 2.42 bits per heavy atom. The average Bonchev–Trinajstić information content (AvgIpc) is 3.44. The number of carbonyl (C=O) groups excluding carboxylic acids is 1. The normalized spacial score (nSPS) is 13.1. The number of anilines is 1. The summed E-state index contributed by atoms with van der Waals surface area (Å²) in [7, 11) is 0. The van der Waals surface area contributed by atoms with Crippen molar-refractivity contribution >= 4 is 23.5 Å². The van der Waals surface area contributed by atoms with Gasteiger partial charge in [0.15, 0.2) is 11.5 Å². The second kappa shape index (κ2) is 11.8. The van der Waals surface area contributed by atoms with Crippen LogP contribution in [0.4, 0.5) is 11.4 Å². The first-order chi connectivity index (χ1) is 17.5. The quantitative estimate of drug-likeness (QED) is 0.246. The number of amides is 1. The van der Waals surface area contributed by atoms with Crippen molar-refractivity contribution in [3.63, 3.8) is 0 Å². The lowest BCUT2D eigenvalue weighted by Crippen LogP contribution is -2.19. The van der Waals surface area contributed by atoms with Crippen LogP contribution in [-0.2, 0) is 6.61 Å². The molecule has 9 heteroatoms. The van der Waals surface area contributed by atoms with Gasteiger partial charge in [0.25, 0.3) is 11.6 Å². The number of hydrogen-bond donors (Lipinski definition) is 1. The van der Waals surface area contributed by atoms with Crippen LogP contribution in [0.15, 0.2) is 71.8 Å². The minimum absolute atomic E-state index is 0.0311. The van der Waals surface area contributed by atoms with Crippen molar-refractivity contribution in [3.8, 4) is 11.5 Å². The fourth-order valence-electron chi connectivity index (χ4n) is 3.90. The van der Waals surface area contributed by atoms with Gasteiger partial charge in [-0.3, -0.25) is 14.9 Å².